The number of para-hydroxylation sites is 1. The normalized spacial score (nSPS) is 11.2. The van der Waals surface area contributed by atoms with Crippen molar-refractivity contribution >= 4 is 49.7 Å². The molecular formula is C18H17ClN4O3S2. The molecule has 0 atom stereocenters. The Balaban J connectivity index is 1.87. The lowest BCUT2D eigenvalue weighted by Gasteiger charge is -2.22. The molecule has 0 bridgehead atoms. The first kappa shape index (κ1) is 20.2. The van der Waals surface area contributed by atoms with Crippen molar-refractivity contribution in [2.75, 3.05) is 16.2 Å². The molecule has 0 aliphatic heterocycles. The number of carbonyl (C=O) groups excluding carboxylic acids is 1. The number of rotatable bonds is 6. The van der Waals surface area contributed by atoms with E-state index in [0.717, 1.165) is 16.9 Å². The van der Waals surface area contributed by atoms with Crippen LogP contribution >= 0.6 is 22.9 Å². The van der Waals surface area contributed by atoms with Gasteiger partial charge < -0.3 is 0 Å². The number of amides is 1. The summed E-state index contributed by atoms with van der Waals surface area (Å²) in [5, 5.41) is 10.5. The van der Waals surface area contributed by atoms with Crippen molar-refractivity contribution in [1.82, 2.24) is 10.2 Å². The minimum Gasteiger partial charge on any atom is -0.296 e. The number of sulfonamides is 1. The lowest BCUT2D eigenvalue weighted by Crippen LogP contribution is -2.31. The fourth-order valence-electron chi connectivity index (χ4n) is 2.58. The van der Waals surface area contributed by atoms with Crippen LogP contribution in [-0.2, 0) is 10.0 Å². The number of carbonyl (C=O) groups is 1. The van der Waals surface area contributed by atoms with Crippen LogP contribution in [0.2, 0.25) is 5.02 Å². The Morgan fingerprint density at radius 1 is 1.14 bits per heavy atom. The maximum Gasteiger partial charge on any atom is 0.293 e. The maximum absolute atomic E-state index is 13.0. The zero-order chi connectivity index (χ0) is 20.3. The second kappa shape index (κ2) is 8.26. The summed E-state index contributed by atoms with van der Waals surface area (Å²) in [6, 6.07) is 13.7. The standard InChI is InChI=1S/C18H17ClN4O3S2/c1-3-23(15-11-7-4-8-12(15)2)28(25,26)18-22-21-17(27-18)20-16(24)13-9-5-6-10-14(13)19/h4-11H,3H2,1-2H3,(H,20,21,24). The van der Waals surface area contributed by atoms with Gasteiger partial charge in [-0.3, -0.25) is 14.4 Å². The van der Waals surface area contributed by atoms with E-state index in [9.17, 15) is 13.2 Å². The van der Waals surface area contributed by atoms with E-state index in [2.05, 4.69) is 15.5 Å². The molecule has 3 rings (SSSR count). The van der Waals surface area contributed by atoms with E-state index >= 15 is 0 Å². The number of nitrogens with zero attached hydrogens (tertiary/aromatic N) is 3. The third-order valence-corrected chi connectivity index (χ3v) is 7.33. The Kier molecular flexibility index (Phi) is 5.97. The monoisotopic (exact) mass is 436 g/mol. The van der Waals surface area contributed by atoms with Crippen LogP contribution in [0.5, 0.6) is 0 Å². The van der Waals surface area contributed by atoms with Crippen LogP contribution in [0.4, 0.5) is 10.8 Å². The largest absolute Gasteiger partial charge is 0.296 e. The summed E-state index contributed by atoms with van der Waals surface area (Å²) in [6.45, 7) is 3.81. The Morgan fingerprint density at radius 3 is 2.50 bits per heavy atom. The number of aromatic nitrogens is 2. The fourth-order valence-corrected chi connectivity index (χ4v) is 5.34. The number of hydrogen-bond donors (Lipinski definition) is 1. The smallest absolute Gasteiger partial charge is 0.293 e. The van der Waals surface area contributed by atoms with Gasteiger partial charge in [-0.1, -0.05) is 53.3 Å². The minimum atomic E-state index is -3.91. The molecule has 0 saturated carbocycles. The van der Waals surface area contributed by atoms with Crippen molar-refractivity contribution < 1.29 is 13.2 Å². The van der Waals surface area contributed by atoms with Crippen molar-refractivity contribution in [2.24, 2.45) is 0 Å². The second-order valence-corrected chi connectivity index (χ2v) is 9.18. The Labute approximate surface area is 172 Å². The van der Waals surface area contributed by atoms with E-state index in [1.54, 1.807) is 43.3 Å². The lowest BCUT2D eigenvalue weighted by molar-refractivity contribution is 0.102. The quantitative estimate of drug-likeness (QED) is 0.590. The Morgan fingerprint density at radius 2 is 1.82 bits per heavy atom. The first-order valence-corrected chi connectivity index (χ1v) is 11.0. The number of nitrogens with one attached hydrogen (secondary N) is 1. The molecule has 0 fully saturated rings. The van der Waals surface area contributed by atoms with Crippen LogP contribution in [0.25, 0.3) is 0 Å². The Hall–Kier alpha value is -2.49. The van der Waals surface area contributed by atoms with Crippen molar-refractivity contribution in [3.05, 3.63) is 64.7 Å². The molecule has 7 nitrogen and oxygen atoms in total. The predicted molar refractivity (Wildman–Crippen MR) is 111 cm³/mol. The van der Waals surface area contributed by atoms with Gasteiger partial charge in [0, 0.05) is 6.54 Å². The summed E-state index contributed by atoms with van der Waals surface area (Å²) < 4.78 is 27.1. The molecule has 1 N–H and O–H groups in total. The molecule has 0 aliphatic rings. The molecule has 3 aromatic rings. The van der Waals surface area contributed by atoms with Gasteiger partial charge in [0.1, 0.15) is 0 Å². The summed E-state index contributed by atoms with van der Waals surface area (Å²) in [5.41, 5.74) is 1.66. The summed E-state index contributed by atoms with van der Waals surface area (Å²) in [5.74, 6) is -0.489. The van der Waals surface area contributed by atoms with Crippen LogP contribution in [0, 0.1) is 6.92 Å². The highest BCUT2D eigenvalue weighted by molar-refractivity contribution is 7.94. The van der Waals surface area contributed by atoms with Gasteiger partial charge in [0.15, 0.2) is 0 Å². The highest BCUT2D eigenvalue weighted by atomic mass is 35.5. The highest BCUT2D eigenvalue weighted by Gasteiger charge is 2.29. The van der Waals surface area contributed by atoms with E-state index in [-0.39, 0.29) is 26.6 Å². The first-order valence-electron chi connectivity index (χ1n) is 8.32. The van der Waals surface area contributed by atoms with Gasteiger partial charge in [-0.2, -0.15) is 8.42 Å². The van der Waals surface area contributed by atoms with E-state index in [4.69, 9.17) is 11.6 Å². The average molecular weight is 437 g/mol. The van der Waals surface area contributed by atoms with Crippen molar-refractivity contribution in [3.8, 4) is 0 Å². The van der Waals surface area contributed by atoms with Crippen LogP contribution in [0.15, 0.2) is 52.9 Å². The zero-order valence-electron chi connectivity index (χ0n) is 15.1. The lowest BCUT2D eigenvalue weighted by atomic mass is 10.2. The predicted octanol–water partition coefficient (Wildman–Crippen LogP) is 3.97. The average Bonchev–Trinajstić information content (AvgIpc) is 3.13. The van der Waals surface area contributed by atoms with Crippen LogP contribution in [0.3, 0.4) is 0 Å². The highest BCUT2D eigenvalue weighted by Crippen LogP contribution is 2.29. The van der Waals surface area contributed by atoms with Crippen molar-refractivity contribution in [1.29, 1.82) is 0 Å². The van der Waals surface area contributed by atoms with E-state index < -0.39 is 15.9 Å². The summed E-state index contributed by atoms with van der Waals surface area (Å²) in [4.78, 5) is 12.3. The molecule has 0 spiro atoms. The molecule has 0 aliphatic carbocycles. The number of benzene rings is 2. The molecule has 0 unspecified atom stereocenters. The fraction of sp³-hybridized carbons (Fsp3) is 0.167. The SMILES string of the molecule is CCN(c1ccccc1C)S(=O)(=O)c1nnc(NC(=O)c2ccccc2Cl)s1. The minimum absolute atomic E-state index is 0.0735. The number of aryl methyl sites for hydroxylation is 1. The number of halogens is 1. The third kappa shape index (κ3) is 4.01. The molecule has 10 heteroatoms. The van der Waals surface area contributed by atoms with Crippen LogP contribution in [0.1, 0.15) is 22.8 Å². The third-order valence-electron chi connectivity index (χ3n) is 3.93. The number of anilines is 2. The van der Waals surface area contributed by atoms with Crippen molar-refractivity contribution in [3.63, 3.8) is 0 Å². The zero-order valence-corrected chi connectivity index (χ0v) is 17.5. The molecule has 1 amide bonds. The van der Waals surface area contributed by atoms with Gasteiger partial charge in [-0.25, -0.2) is 0 Å². The van der Waals surface area contributed by atoms with Gasteiger partial charge >= 0.3 is 0 Å². The van der Waals surface area contributed by atoms with Crippen molar-refractivity contribution in [2.45, 2.75) is 18.2 Å². The summed E-state index contributed by atoms with van der Waals surface area (Å²) >= 11 is 6.80. The van der Waals surface area contributed by atoms with Gasteiger partial charge in [0.2, 0.25) is 5.13 Å². The van der Waals surface area contributed by atoms with E-state index in [1.807, 2.05) is 19.1 Å². The molecule has 2 aromatic carbocycles. The van der Waals surface area contributed by atoms with Gasteiger partial charge in [-0.05, 0) is 37.6 Å². The topological polar surface area (TPSA) is 92.3 Å². The van der Waals surface area contributed by atoms with Gasteiger partial charge in [-0.15, -0.1) is 10.2 Å². The number of hydrogen-bond acceptors (Lipinski definition) is 6. The molecule has 146 valence electrons. The molecular weight excluding hydrogens is 420 g/mol. The van der Waals surface area contributed by atoms with Gasteiger partial charge in [0.05, 0.1) is 16.3 Å². The molecule has 28 heavy (non-hydrogen) atoms. The first-order chi connectivity index (χ1) is 13.3. The molecule has 0 radical (unpaired) electrons. The van der Waals surface area contributed by atoms with Crippen LogP contribution < -0.4 is 9.62 Å². The second-order valence-electron chi connectivity index (χ2n) is 5.76. The van der Waals surface area contributed by atoms with Crippen LogP contribution in [-0.4, -0.2) is 31.1 Å². The van der Waals surface area contributed by atoms with Gasteiger partial charge in [0.25, 0.3) is 20.3 Å². The van der Waals surface area contributed by atoms with E-state index in [0.29, 0.717) is 5.69 Å². The maximum atomic E-state index is 13.0. The molecule has 1 heterocycles. The summed E-state index contributed by atoms with van der Waals surface area (Å²) in [6.07, 6.45) is 0. The van der Waals surface area contributed by atoms with E-state index in [1.165, 1.54) is 4.31 Å². The summed E-state index contributed by atoms with van der Waals surface area (Å²) in [7, 11) is -3.91. The molecule has 0 saturated heterocycles. The Bertz CT molecular complexity index is 1120. The molecule has 1 aromatic heterocycles.